The average Bonchev–Trinajstić information content (AvgIpc) is 2.50. The molecule has 0 aliphatic carbocycles. The fourth-order valence-electron chi connectivity index (χ4n) is 2.30. The summed E-state index contributed by atoms with van der Waals surface area (Å²) in [5, 5.41) is 3.19. The SMILES string of the molecule is CNCc1ccc(OC)c(CSCc2ccccc2C)c1. The molecule has 2 aromatic rings. The third kappa shape index (κ3) is 4.51. The van der Waals surface area contributed by atoms with E-state index < -0.39 is 0 Å². The molecule has 0 saturated heterocycles. The summed E-state index contributed by atoms with van der Waals surface area (Å²) in [6.07, 6.45) is 0. The number of rotatable bonds is 7. The predicted molar refractivity (Wildman–Crippen MR) is 91.9 cm³/mol. The molecular weight excluding hydrogens is 278 g/mol. The largest absolute Gasteiger partial charge is 0.496 e. The lowest BCUT2D eigenvalue weighted by atomic mass is 10.1. The zero-order valence-electron chi connectivity index (χ0n) is 13.0. The molecule has 0 atom stereocenters. The summed E-state index contributed by atoms with van der Waals surface area (Å²) in [6, 6.07) is 15.0. The van der Waals surface area contributed by atoms with Crippen molar-refractivity contribution < 1.29 is 4.74 Å². The molecule has 21 heavy (non-hydrogen) atoms. The van der Waals surface area contributed by atoms with Gasteiger partial charge < -0.3 is 10.1 Å². The minimum Gasteiger partial charge on any atom is -0.496 e. The molecule has 3 heteroatoms. The molecule has 0 radical (unpaired) electrons. The Hall–Kier alpha value is -1.45. The van der Waals surface area contributed by atoms with Gasteiger partial charge in [0.1, 0.15) is 5.75 Å². The quantitative estimate of drug-likeness (QED) is 0.830. The third-order valence-corrected chi connectivity index (χ3v) is 4.53. The molecule has 0 amide bonds. The van der Waals surface area contributed by atoms with Crippen molar-refractivity contribution in [2.45, 2.75) is 25.0 Å². The Morgan fingerprint density at radius 3 is 2.52 bits per heavy atom. The summed E-state index contributed by atoms with van der Waals surface area (Å²) in [5.41, 5.74) is 5.34. The number of benzene rings is 2. The highest BCUT2D eigenvalue weighted by Crippen LogP contribution is 2.27. The summed E-state index contributed by atoms with van der Waals surface area (Å²) >= 11 is 1.93. The van der Waals surface area contributed by atoms with Gasteiger partial charge in [0.05, 0.1) is 7.11 Å². The second kappa shape index (κ2) is 8.11. The maximum Gasteiger partial charge on any atom is 0.122 e. The van der Waals surface area contributed by atoms with E-state index in [0.29, 0.717) is 0 Å². The van der Waals surface area contributed by atoms with Crippen LogP contribution in [0, 0.1) is 6.92 Å². The molecule has 0 saturated carbocycles. The van der Waals surface area contributed by atoms with Crippen molar-refractivity contribution in [3.8, 4) is 5.75 Å². The molecule has 0 heterocycles. The third-order valence-electron chi connectivity index (χ3n) is 3.50. The van der Waals surface area contributed by atoms with E-state index in [1.807, 2.05) is 18.8 Å². The highest BCUT2D eigenvalue weighted by atomic mass is 32.2. The van der Waals surface area contributed by atoms with Crippen LogP contribution >= 0.6 is 11.8 Å². The number of aryl methyl sites for hydroxylation is 1. The molecule has 0 spiro atoms. The van der Waals surface area contributed by atoms with E-state index in [4.69, 9.17) is 4.74 Å². The van der Waals surface area contributed by atoms with Crippen molar-refractivity contribution in [3.63, 3.8) is 0 Å². The van der Waals surface area contributed by atoms with Gasteiger partial charge in [0.2, 0.25) is 0 Å². The normalized spacial score (nSPS) is 10.6. The molecule has 1 N–H and O–H groups in total. The Morgan fingerprint density at radius 1 is 1.05 bits per heavy atom. The van der Waals surface area contributed by atoms with Gasteiger partial charge in [0.15, 0.2) is 0 Å². The van der Waals surface area contributed by atoms with Crippen LogP contribution in [-0.2, 0) is 18.1 Å². The van der Waals surface area contributed by atoms with Gasteiger partial charge in [-0.2, -0.15) is 11.8 Å². The van der Waals surface area contributed by atoms with Gasteiger partial charge in [-0.1, -0.05) is 30.3 Å². The summed E-state index contributed by atoms with van der Waals surface area (Å²) < 4.78 is 5.47. The lowest BCUT2D eigenvalue weighted by molar-refractivity contribution is 0.411. The van der Waals surface area contributed by atoms with Crippen LogP contribution in [0.5, 0.6) is 5.75 Å². The van der Waals surface area contributed by atoms with Crippen LogP contribution in [0.25, 0.3) is 0 Å². The number of methoxy groups -OCH3 is 1. The van der Waals surface area contributed by atoms with E-state index in [9.17, 15) is 0 Å². The predicted octanol–water partition coefficient (Wildman–Crippen LogP) is 4.16. The molecule has 2 nitrogen and oxygen atoms in total. The zero-order valence-corrected chi connectivity index (χ0v) is 13.8. The van der Waals surface area contributed by atoms with Crippen LogP contribution < -0.4 is 10.1 Å². The van der Waals surface area contributed by atoms with Crippen LogP contribution in [0.3, 0.4) is 0 Å². The van der Waals surface area contributed by atoms with Crippen molar-refractivity contribution in [1.29, 1.82) is 0 Å². The van der Waals surface area contributed by atoms with Crippen LogP contribution in [-0.4, -0.2) is 14.2 Å². The molecule has 0 aliphatic heterocycles. The Labute approximate surface area is 131 Å². The summed E-state index contributed by atoms with van der Waals surface area (Å²) in [7, 11) is 3.71. The van der Waals surface area contributed by atoms with E-state index >= 15 is 0 Å². The van der Waals surface area contributed by atoms with Gasteiger partial charge in [0.25, 0.3) is 0 Å². The molecule has 2 aromatic carbocycles. The highest BCUT2D eigenvalue weighted by molar-refractivity contribution is 7.97. The minimum absolute atomic E-state index is 0.888. The Kier molecular flexibility index (Phi) is 6.15. The molecule has 0 aliphatic rings. The van der Waals surface area contributed by atoms with Crippen molar-refractivity contribution in [2.75, 3.05) is 14.2 Å². The summed E-state index contributed by atoms with van der Waals surface area (Å²) in [4.78, 5) is 0. The molecule has 0 bridgehead atoms. The molecule has 0 fully saturated rings. The van der Waals surface area contributed by atoms with Crippen LogP contribution in [0.2, 0.25) is 0 Å². The molecule has 0 unspecified atom stereocenters. The Morgan fingerprint density at radius 2 is 1.81 bits per heavy atom. The van der Waals surface area contributed by atoms with E-state index in [1.165, 1.54) is 22.3 Å². The van der Waals surface area contributed by atoms with Gasteiger partial charge in [-0.3, -0.25) is 0 Å². The lowest BCUT2D eigenvalue weighted by Gasteiger charge is -2.11. The smallest absolute Gasteiger partial charge is 0.122 e. The zero-order chi connectivity index (χ0) is 15.1. The second-order valence-electron chi connectivity index (χ2n) is 5.10. The minimum atomic E-state index is 0.888. The maximum absolute atomic E-state index is 5.47. The molecule has 112 valence electrons. The van der Waals surface area contributed by atoms with Crippen molar-refractivity contribution >= 4 is 11.8 Å². The number of thioether (sulfide) groups is 1. The van der Waals surface area contributed by atoms with Gasteiger partial charge in [-0.15, -0.1) is 0 Å². The fraction of sp³-hybridized carbons (Fsp3) is 0.333. The molecule has 0 aromatic heterocycles. The number of hydrogen-bond donors (Lipinski definition) is 1. The first-order valence-corrected chi connectivity index (χ1v) is 8.32. The van der Waals surface area contributed by atoms with E-state index in [-0.39, 0.29) is 0 Å². The number of hydrogen-bond acceptors (Lipinski definition) is 3. The topological polar surface area (TPSA) is 21.3 Å². The van der Waals surface area contributed by atoms with Gasteiger partial charge >= 0.3 is 0 Å². The van der Waals surface area contributed by atoms with Gasteiger partial charge in [-0.05, 0) is 42.8 Å². The van der Waals surface area contributed by atoms with Crippen molar-refractivity contribution in [3.05, 3.63) is 64.7 Å². The second-order valence-corrected chi connectivity index (χ2v) is 6.08. The summed E-state index contributed by atoms with van der Waals surface area (Å²) in [6.45, 7) is 3.06. The van der Waals surface area contributed by atoms with E-state index in [0.717, 1.165) is 23.8 Å². The maximum atomic E-state index is 5.47. The van der Waals surface area contributed by atoms with Crippen LogP contribution in [0.1, 0.15) is 22.3 Å². The lowest BCUT2D eigenvalue weighted by Crippen LogP contribution is -2.05. The first kappa shape index (κ1) is 15.9. The van der Waals surface area contributed by atoms with Crippen molar-refractivity contribution in [2.24, 2.45) is 0 Å². The average molecular weight is 301 g/mol. The van der Waals surface area contributed by atoms with Crippen LogP contribution in [0.4, 0.5) is 0 Å². The van der Waals surface area contributed by atoms with Crippen molar-refractivity contribution in [1.82, 2.24) is 5.32 Å². The number of nitrogens with one attached hydrogen (secondary N) is 1. The Balaban J connectivity index is 2.01. The van der Waals surface area contributed by atoms with Gasteiger partial charge in [0, 0.05) is 23.6 Å². The van der Waals surface area contributed by atoms with E-state index in [2.05, 4.69) is 54.7 Å². The van der Waals surface area contributed by atoms with E-state index in [1.54, 1.807) is 7.11 Å². The molecular formula is C18H23NOS. The number of ether oxygens (including phenoxy) is 1. The molecule has 2 rings (SSSR count). The first-order valence-electron chi connectivity index (χ1n) is 7.17. The fourth-order valence-corrected chi connectivity index (χ4v) is 3.39. The van der Waals surface area contributed by atoms with Gasteiger partial charge in [-0.25, -0.2) is 0 Å². The first-order chi connectivity index (χ1) is 10.2. The standard InChI is InChI=1S/C18H23NOS/c1-14-6-4-5-7-16(14)12-21-13-17-10-15(11-19-2)8-9-18(17)20-3/h4-10,19H,11-13H2,1-3H3. The summed E-state index contributed by atoms with van der Waals surface area (Å²) in [5.74, 6) is 2.98. The Bertz CT molecular complexity index is 583. The monoisotopic (exact) mass is 301 g/mol. The van der Waals surface area contributed by atoms with Crippen LogP contribution in [0.15, 0.2) is 42.5 Å². The highest BCUT2D eigenvalue weighted by Gasteiger charge is 2.05.